The monoisotopic (exact) mass is 340 g/mol. The van der Waals surface area contributed by atoms with Gasteiger partial charge in [0.1, 0.15) is 17.3 Å². The Balaban J connectivity index is 1.96. The molecule has 9 heteroatoms. The molecule has 0 saturated heterocycles. The van der Waals surface area contributed by atoms with Gasteiger partial charge >= 0.3 is 0 Å². The fraction of sp³-hybridized carbons (Fsp3) is 0.286. The molecule has 0 unspecified atom stereocenters. The van der Waals surface area contributed by atoms with Gasteiger partial charge in [-0.25, -0.2) is 8.78 Å². The molecule has 3 N–H and O–H groups in total. The third kappa shape index (κ3) is 4.52. The number of nitrogens with zero attached hydrogens (tertiary/aromatic N) is 1. The zero-order valence-electron chi connectivity index (χ0n) is 12.2. The van der Waals surface area contributed by atoms with Crippen molar-refractivity contribution in [2.75, 3.05) is 0 Å². The number of hydrogen-bond acceptors (Lipinski definition) is 4. The van der Waals surface area contributed by atoms with Gasteiger partial charge in [-0.2, -0.15) is 5.10 Å². The van der Waals surface area contributed by atoms with Crippen LogP contribution < -0.4 is 10.9 Å². The number of carbonyl (C=O) groups is 1. The Bertz CT molecular complexity index is 834. The molecule has 0 spiro atoms. The Morgan fingerprint density at radius 2 is 2.17 bits per heavy atom. The molecule has 2 rings (SSSR count). The van der Waals surface area contributed by atoms with Crippen LogP contribution >= 0.6 is 12.2 Å². The van der Waals surface area contributed by atoms with E-state index in [9.17, 15) is 18.4 Å². The molecule has 2 aromatic rings. The first-order valence-corrected chi connectivity index (χ1v) is 7.20. The molecule has 23 heavy (non-hydrogen) atoms. The third-order valence-electron chi connectivity index (χ3n) is 3.18. The molecule has 1 atom stereocenters. The minimum Gasteiger partial charge on any atom is -0.349 e. The number of nitrogens with one attached hydrogen (secondary N) is 3. The SMILES string of the molecule is C[C@@H](NC(=O)CCc1n[nH]c(=S)[nH]c1=O)c1ccc(F)cc1F. The predicted molar refractivity (Wildman–Crippen MR) is 81.3 cm³/mol. The molecule has 0 fully saturated rings. The van der Waals surface area contributed by atoms with Gasteiger partial charge in [0, 0.05) is 24.5 Å². The molecule has 6 nitrogen and oxygen atoms in total. The van der Waals surface area contributed by atoms with E-state index < -0.39 is 23.2 Å². The van der Waals surface area contributed by atoms with Crippen molar-refractivity contribution in [3.05, 3.63) is 56.2 Å². The Morgan fingerprint density at radius 3 is 2.83 bits per heavy atom. The lowest BCUT2D eigenvalue weighted by Gasteiger charge is -2.15. The predicted octanol–water partition coefficient (Wildman–Crippen LogP) is 1.92. The smallest absolute Gasteiger partial charge is 0.273 e. The van der Waals surface area contributed by atoms with Gasteiger partial charge in [-0.1, -0.05) is 6.07 Å². The lowest BCUT2D eigenvalue weighted by molar-refractivity contribution is -0.121. The van der Waals surface area contributed by atoms with Gasteiger partial charge in [-0.05, 0) is 25.2 Å². The number of benzene rings is 1. The van der Waals surface area contributed by atoms with Crippen LogP contribution in [-0.2, 0) is 11.2 Å². The number of halogens is 2. The highest BCUT2D eigenvalue weighted by Gasteiger charge is 2.15. The number of rotatable bonds is 5. The van der Waals surface area contributed by atoms with Crippen molar-refractivity contribution in [2.45, 2.75) is 25.8 Å². The molecule has 1 amide bonds. The molecular weight excluding hydrogens is 326 g/mol. The summed E-state index contributed by atoms with van der Waals surface area (Å²) < 4.78 is 26.6. The number of hydrogen-bond donors (Lipinski definition) is 3. The minimum atomic E-state index is -0.730. The van der Waals surface area contributed by atoms with Crippen LogP contribution in [0.25, 0.3) is 0 Å². The second-order valence-electron chi connectivity index (χ2n) is 4.91. The Labute approximate surface area is 135 Å². The molecule has 0 aliphatic carbocycles. The van der Waals surface area contributed by atoms with Gasteiger partial charge < -0.3 is 5.32 Å². The summed E-state index contributed by atoms with van der Waals surface area (Å²) in [6.07, 6.45) is 0.0970. The minimum absolute atomic E-state index is 0.00610. The maximum absolute atomic E-state index is 13.6. The van der Waals surface area contributed by atoms with Crippen molar-refractivity contribution in [3.8, 4) is 0 Å². The molecular formula is C14H14F2N4O2S. The quantitative estimate of drug-likeness (QED) is 0.725. The van der Waals surface area contributed by atoms with Crippen molar-refractivity contribution >= 4 is 18.1 Å². The number of aryl methyl sites for hydroxylation is 1. The van der Waals surface area contributed by atoms with E-state index in [4.69, 9.17) is 12.2 Å². The highest BCUT2D eigenvalue weighted by Crippen LogP contribution is 2.17. The summed E-state index contributed by atoms with van der Waals surface area (Å²) in [5, 5.41) is 8.78. The van der Waals surface area contributed by atoms with E-state index >= 15 is 0 Å². The van der Waals surface area contributed by atoms with Crippen molar-refractivity contribution in [3.63, 3.8) is 0 Å². The van der Waals surface area contributed by atoms with Crippen LogP contribution in [0.4, 0.5) is 8.78 Å². The van der Waals surface area contributed by atoms with Crippen molar-refractivity contribution in [1.82, 2.24) is 20.5 Å². The molecule has 0 saturated carbocycles. The first-order valence-electron chi connectivity index (χ1n) is 6.79. The van der Waals surface area contributed by atoms with Crippen LogP contribution in [0.2, 0.25) is 0 Å². The average Bonchev–Trinajstić information content (AvgIpc) is 2.46. The zero-order valence-corrected chi connectivity index (χ0v) is 13.0. The van der Waals surface area contributed by atoms with E-state index in [0.29, 0.717) is 0 Å². The molecule has 1 aromatic heterocycles. The Hall–Kier alpha value is -2.42. The van der Waals surface area contributed by atoms with E-state index in [-0.39, 0.29) is 34.8 Å². The summed E-state index contributed by atoms with van der Waals surface area (Å²) in [6, 6.07) is 2.53. The second-order valence-corrected chi connectivity index (χ2v) is 5.32. The van der Waals surface area contributed by atoms with Crippen LogP contribution in [0.1, 0.15) is 30.6 Å². The fourth-order valence-electron chi connectivity index (χ4n) is 2.02. The van der Waals surface area contributed by atoms with Crippen LogP contribution in [0.15, 0.2) is 23.0 Å². The Morgan fingerprint density at radius 1 is 1.43 bits per heavy atom. The number of H-pyrrole nitrogens is 2. The normalized spacial score (nSPS) is 12.0. The largest absolute Gasteiger partial charge is 0.349 e. The number of aromatic amines is 2. The molecule has 0 aliphatic heterocycles. The first-order chi connectivity index (χ1) is 10.9. The van der Waals surface area contributed by atoms with Crippen LogP contribution in [-0.4, -0.2) is 21.1 Å². The fourth-order valence-corrected chi connectivity index (χ4v) is 2.16. The van der Waals surface area contributed by atoms with Crippen molar-refractivity contribution in [2.24, 2.45) is 0 Å². The highest BCUT2D eigenvalue weighted by atomic mass is 32.1. The zero-order chi connectivity index (χ0) is 17.0. The summed E-state index contributed by atoms with van der Waals surface area (Å²) in [5.41, 5.74) is -0.131. The van der Waals surface area contributed by atoms with E-state index in [2.05, 4.69) is 20.5 Å². The maximum atomic E-state index is 13.6. The van der Waals surface area contributed by atoms with E-state index in [0.717, 1.165) is 12.1 Å². The maximum Gasteiger partial charge on any atom is 0.273 e. The van der Waals surface area contributed by atoms with Crippen LogP contribution in [0.5, 0.6) is 0 Å². The summed E-state index contributed by atoms with van der Waals surface area (Å²) >= 11 is 4.71. The van der Waals surface area contributed by atoms with Gasteiger partial charge in [-0.3, -0.25) is 19.7 Å². The molecule has 0 aliphatic rings. The van der Waals surface area contributed by atoms with Crippen LogP contribution in [0.3, 0.4) is 0 Å². The van der Waals surface area contributed by atoms with Crippen molar-refractivity contribution in [1.29, 1.82) is 0 Å². The van der Waals surface area contributed by atoms with E-state index in [1.165, 1.54) is 6.07 Å². The average molecular weight is 340 g/mol. The van der Waals surface area contributed by atoms with Crippen LogP contribution in [0, 0.1) is 16.4 Å². The lowest BCUT2D eigenvalue weighted by Crippen LogP contribution is -2.28. The third-order valence-corrected chi connectivity index (χ3v) is 3.37. The molecule has 0 bridgehead atoms. The van der Waals surface area contributed by atoms with E-state index in [1.54, 1.807) is 6.92 Å². The van der Waals surface area contributed by atoms with Crippen molar-refractivity contribution < 1.29 is 13.6 Å². The first kappa shape index (κ1) is 16.9. The highest BCUT2D eigenvalue weighted by molar-refractivity contribution is 7.71. The van der Waals surface area contributed by atoms with Gasteiger partial charge in [0.05, 0.1) is 6.04 Å². The molecule has 1 aromatic carbocycles. The number of amides is 1. The summed E-state index contributed by atoms with van der Waals surface area (Å²) in [7, 11) is 0. The molecule has 1 heterocycles. The molecule has 122 valence electrons. The summed E-state index contributed by atoms with van der Waals surface area (Å²) in [4.78, 5) is 25.8. The van der Waals surface area contributed by atoms with E-state index in [1.807, 2.05) is 0 Å². The Kier molecular flexibility index (Phi) is 5.32. The van der Waals surface area contributed by atoms with Gasteiger partial charge in [-0.15, -0.1) is 0 Å². The summed E-state index contributed by atoms with van der Waals surface area (Å²) in [6.45, 7) is 1.58. The van der Waals surface area contributed by atoms with Gasteiger partial charge in [0.15, 0.2) is 4.77 Å². The van der Waals surface area contributed by atoms with Gasteiger partial charge in [0.2, 0.25) is 5.91 Å². The second kappa shape index (κ2) is 7.23. The summed E-state index contributed by atoms with van der Waals surface area (Å²) in [5.74, 6) is -1.80. The standard InChI is InChI=1S/C14H14F2N4O2S/c1-7(9-3-2-8(15)6-10(9)16)17-12(21)5-4-11-13(22)18-14(23)20-19-11/h2-3,6-7H,4-5H2,1H3,(H,17,21)(H2,18,20,22,23)/t7-/m1/s1. The lowest BCUT2D eigenvalue weighted by atomic mass is 10.1. The van der Waals surface area contributed by atoms with Gasteiger partial charge in [0.25, 0.3) is 5.56 Å². The topological polar surface area (TPSA) is 90.6 Å². The molecule has 0 radical (unpaired) electrons. The number of carbonyl (C=O) groups excluding carboxylic acids is 1. The number of aromatic nitrogens is 3.